The van der Waals surface area contributed by atoms with Gasteiger partial charge in [-0.1, -0.05) is 29.8 Å². The molecule has 25 heavy (non-hydrogen) atoms. The first-order valence-corrected chi connectivity index (χ1v) is 8.15. The summed E-state index contributed by atoms with van der Waals surface area (Å²) < 4.78 is 5.78. The first-order chi connectivity index (χ1) is 11.1. The van der Waals surface area contributed by atoms with Crippen molar-refractivity contribution in [2.24, 2.45) is 0 Å². The van der Waals surface area contributed by atoms with E-state index in [4.69, 9.17) is 4.42 Å². The summed E-state index contributed by atoms with van der Waals surface area (Å²) in [5.41, 5.74) is 2.22. The van der Waals surface area contributed by atoms with Gasteiger partial charge in [0.25, 0.3) is 0 Å². The minimum Gasteiger partial charge on any atom is -0.441 e. The lowest BCUT2D eigenvalue weighted by Crippen LogP contribution is -2.52. The van der Waals surface area contributed by atoms with Gasteiger partial charge in [0.05, 0.1) is 6.20 Å². The van der Waals surface area contributed by atoms with Gasteiger partial charge in [0.15, 0.2) is 11.7 Å². The van der Waals surface area contributed by atoms with Gasteiger partial charge in [-0.2, -0.15) is 0 Å². The Bertz CT molecular complexity index is 673. The molecule has 0 bridgehead atoms. The molecule has 0 saturated carbocycles. The third kappa shape index (κ3) is 5.46. The van der Waals surface area contributed by atoms with Gasteiger partial charge in [-0.15, -0.1) is 24.8 Å². The van der Waals surface area contributed by atoms with Crippen molar-refractivity contribution in [3.63, 3.8) is 0 Å². The number of carbonyl (C=O) groups excluding carboxylic acids is 1. The van der Waals surface area contributed by atoms with Crippen LogP contribution in [0.25, 0.3) is 11.3 Å². The van der Waals surface area contributed by atoms with Gasteiger partial charge in [-0.05, 0) is 13.8 Å². The van der Waals surface area contributed by atoms with Crippen LogP contribution in [0.4, 0.5) is 0 Å². The molecule has 1 aromatic carbocycles. The van der Waals surface area contributed by atoms with Gasteiger partial charge >= 0.3 is 0 Å². The van der Waals surface area contributed by atoms with Crippen molar-refractivity contribution in [3.8, 4) is 11.3 Å². The van der Waals surface area contributed by atoms with Gasteiger partial charge in [0.2, 0.25) is 5.91 Å². The van der Waals surface area contributed by atoms with Crippen LogP contribution in [0.5, 0.6) is 0 Å². The average Bonchev–Trinajstić information content (AvgIpc) is 3.03. The highest BCUT2D eigenvalue weighted by Gasteiger charge is 2.22. The summed E-state index contributed by atoms with van der Waals surface area (Å²) in [6.07, 6.45) is 2.72. The Hall–Kier alpha value is -1.56. The predicted molar refractivity (Wildman–Crippen MR) is 104 cm³/mol. The van der Waals surface area contributed by atoms with Crippen molar-refractivity contribution in [2.75, 3.05) is 19.6 Å². The number of nitrogens with zero attached hydrogens (tertiary/aromatic N) is 2. The van der Waals surface area contributed by atoms with Crippen LogP contribution in [0.2, 0.25) is 0 Å². The second kappa shape index (κ2) is 9.80. The average molecular weight is 386 g/mol. The number of hydrogen-bond acceptors (Lipinski definition) is 4. The van der Waals surface area contributed by atoms with Crippen molar-refractivity contribution >= 4 is 30.7 Å². The summed E-state index contributed by atoms with van der Waals surface area (Å²) in [4.78, 5) is 18.6. The highest BCUT2D eigenvalue weighted by molar-refractivity contribution is 5.85. The lowest BCUT2D eigenvalue weighted by molar-refractivity contribution is -0.134. The number of benzene rings is 1. The van der Waals surface area contributed by atoms with Crippen LogP contribution in [-0.2, 0) is 11.2 Å². The molecule has 5 nitrogen and oxygen atoms in total. The lowest BCUT2D eigenvalue weighted by atomic mass is 10.1. The van der Waals surface area contributed by atoms with E-state index in [1.807, 2.05) is 29.2 Å². The van der Waals surface area contributed by atoms with E-state index in [0.717, 1.165) is 31.0 Å². The molecule has 3 rings (SSSR count). The van der Waals surface area contributed by atoms with E-state index < -0.39 is 0 Å². The van der Waals surface area contributed by atoms with Crippen LogP contribution < -0.4 is 5.32 Å². The van der Waals surface area contributed by atoms with E-state index in [2.05, 4.69) is 24.1 Å². The van der Waals surface area contributed by atoms with Crippen molar-refractivity contribution in [2.45, 2.75) is 32.7 Å². The van der Waals surface area contributed by atoms with Crippen LogP contribution in [0.15, 0.2) is 34.9 Å². The molecule has 0 spiro atoms. The smallest absolute Gasteiger partial charge is 0.223 e. The maximum absolute atomic E-state index is 12.3. The molecule has 1 amide bonds. The molecule has 0 aliphatic carbocycles. The quantitative estimate of drug-likeness (QED) is 0.877. The maximum atomic E-state index is 12.3. The third-order valence-electron chi connectivity index (χ3n) is 4.26. The summed E-state index contributed by atoms with van der Waals surface area (Å²) in [5, 5.41) is 3.29. The van der Waals surface area contributed by atoms with E-state index in [9.17, 15) is 4.79 Å². The van der Waals surface area contributed by atoms with Crippen molar-refractivity contribution in [3.05, 3.63) is 41.9 Å². The van der Waals surface area contributed by atoms with Crippen molar-refractivity contribution < 1.29 is 9.21 Å². The number of oxazole rings is 1. The minimum atomic E-state index is 0. The van der Waals surface area contributed by atoms with Crippen LogP contribution in [0.3, 0.4) is 0 Å². The fourth-order valence-electron chi connectivity index (χ4n) is 2.85. The number of carbonyl (C=O) groups is 1. The summed E-state index contributed by atoms with van der Waals surface area (Å²) >= 11 is 0. The van der Waals surface area contributed by atoms with Crippen LogP contribution >= 0.6 is 24.8 Å². The molecule has 1 aliphatic heterocycles. The molecular weight excluding hydrogens is 361 g/mol. The molecular formula is C18H25Cl2N3O2. The van der Waals surface area contributed by atoms with Gasteiger partial charge in [0.1, 0.15) is 0 Å². The zero-order chi connectivity index (χ0) is 16.2. The summed E-state index contributed by atoms with van der Waals surface area (Å²) in [7, 11) is 0. The minimum absolute atomic E-state index is 0. The maximum Gasteiger partial charge on any atom is 0.223 e. The molecule has 1 aliphatic rings. The molecule has 1 fully saturated rings. The Morgan fingerprint density at radius 1 is 1.32 bits per heavy atom. The topological polar surface area (TPSA) is 58.4 Å². The van der Waals surface area contributed by atoms with Gasteiger partial charge < -0.3 is 14.6 Å². The van der Waals surface area contributed by atoms with Gasteiger partial charge in [-0.3, -0.25) is 4.79 Å². The molecule has 2 aromatic rings. The molecule has 1 N–H and O–H groups in total. The molecule has 1 aromatic heterocycles. The number of rotatable bonds is 4. The second-order valence-corrected chi connectivity index (χ2v) is 6.12. The van der Waals surface area contributed by atoms with Crippen LogP contribution in [0.1, 0.15) is 24.8 Å². The Labute approximate surface area is 161 Å². The predicted octanol–water partition coefficient (Wildman–Crippen LogP) is 3.25. The highest BCUT2D eigenvalue weighted by Crippen LogP contribution is 2.21. The number of aromatic nitrogens is 1. The molecule has 0 unspecified atom stereocenters. The molecule has 0 radical (unpaired) electrons. The van der Waals surface area contributed by atoms with E-state index in [0.29, 0.717) is 18.7 Å². The Balaban J connectivity index is 0.00000156. The molecule has 138 valence electrons. The second-order valence-electron chi connectivity index (χ2n) is 6.12. The molecule has 1 saturated heterocycles. The van der Waals surface area contributed by atoms with Crippen molar-refractivity contribution in [1.82, 2.24) is 15.2 Å². The number of hydrogen-bond donors (Lipinski definition) is 1. The molecule has 1 atom stereocenters. The highest BCUT2D eigenvalue weighted by atomic mass is 35.5. The fourth-order valence-corrected chi connectivity index (χ4v) is 2.85. The Morgan fingerprint density at radius 3 is 2.72 bits per heavy atom. The van der Waals surface area contributed by atoms with Gasteiger partial charge in [-0.25, -0.2) is 4.98 Å². The zero-order valence-corrected chi connectivity index (χ0v) is 16.2. The van der Waals surface area contributed by atoms with E-state index in [-0.39, 0.29) is 36.8 Å². The Kier molecular flexibility index (Phi) is 8.42. The largest absolute Gasteiger partial charge is 0.441 e. The standard InChI is InChI=1S/C18H23N3O2.2ClH/c1-13-3-5-15(6-4-13)16-12-20-17(23-16)7-8-18(22)21-10-9-19-11-14(21)2;;/h3-6,12,14,19H,7-11H2,1-2H3;2*1H/t14-;;/m0../s1. The van der Waals surface area contributed by atoms with Crippen LogP contribution in [0, 0.1) is 6.92 Å². The van der Waals surface area contributed by atoms with E-state index in [1.54, 1.807) is 6.20 Å². The Morgan fingerprint density at radius 2 is 2.04 bits per heavy atom. The molecule has 7 heteroatoms. The first kappa shape index (κ1) is 21.5. The summed E-state index contributed by atoms with van der Waals surface area (Å²) in [6.45, 7) is 6.64. The van der Waals surface area contributed by atoms with E-state index >= 15 is 0 Å². The summed E-state index contributed by atoms with van der Waals surface area (Å²) in [5.74, 6) is 1.55. The van der Waals surface area contributed by atoms with Gasteiger partial charge in [0, 0.05) is 44.1 Å². The molecule has 2 heterocycles. The monoisotopic (exact) mass is 385 g/mol. The normalized spacial score (nSPS) is 16.7. The number of halogens is 2. The lowest BCUT2D eigenvalue weighted by Gasteiger charge is -2.34. The number of nitrogens with one attached hydrogen (secondary N) is 1. The van der Waals surface area contributed by atoms with Crippen molar-refractivity contribution in [1.29, 1.82) is 0 Å². The first-order valence-electron chi connectivity index (χ1n) is 8.15. The number of amides is 1. The zero-order valence-electron chi connectivity index (χ0n) is 14.5. The number of aryl methyl sites for hydroxylation is 2. The SMILES string of the molecule is Cc1ccc(-c2cnc(CCC(=O)N3CCNC[C@@H]3C)o2)cc1.Cl.Cl. The van der Waals surface area contributed by atoms with Crippen LogP contribution in [-0.4, -0.2) is 41.5 Å². The van der Waals surface area contributed by atoms with E-state index in [1.165, 1.54) is 5.56 Å². The fraction of sp³-hybridized carbons (Fsp3) is 0.444. The third-order valence-corrected chi connectivity index (χ3v) is 4.26. The number of piperazine rings is 1. The summed E-state index contributed by atoms with van der Waals surface area (Å²) in [6, 6.07) is 8.39.